The van der Waals surface area contributed by atoms with Crippen LogP contribution in [0.25, 0.3) is 0 Å². The fraction of sp³-hybridized carbons (Fsp3) is 0.652. The van der Waals surface area contributed by atoms with E-state index in [1.165, 1.54) is 24.0 Å². The second-order valence-corrected chi connectivity index (χ2v) is 32.1. The van der Waals surface area contributed by atoms with Gasteiger partial charge < -0.3 is 67.6 Å². The first-order valence-electron chi connectivity index (χ1n) is 35.3. The van der Waals surface area contributed by atoms with Crippen LogP contribution in [0.1, 0.15) is 155 Å². The molecule has 5 amide bonds. The number of fused-ring (bicyclic) bond motifs is 6. The molecule has 110 heavy (non-hydrogen) atoms. The molecule has 0 bridgehead atoms. The van der Waals surface area contributed by atoms with Crippen molar-refractivity contribution in [2.24, 2.45) is 5.41 Å². The Morgan fingerprint density at radius 2 is 0.882 bits per heavy atom. The first-order valence-corrected chi connectivity index (χ1v) is 37.2. The van der Waals surface area contributed by atoms with Crippen molar-refractivity contribution in [3.8, 4) is 0 Å². The second-order valence-electron chi connectivity index (χ2n) is 30.4. The summed E-state index contributed by atoms with van der Waals surface area (Å²) in [4.78, 5) is 165. The molecule has 606 valence electrons. The molecule has 0 radical (unpaired) electrons. The van der Waals surface area contributed by atoms with Crippen LogP contribution in [0.4, 0.5) is 53.7 Å². The number of piperazine rings is 3. The maximum atomic E-state index is 13.2. The van der Waals surface area contributed by atoms with Gasteiger partial charge in [-0.15, -0.1) is 0 Å². The number of carbonyl (C=O) groups is 8. The zero-order valence-electron chi connectivity index (χ0n) is 65.3. The number of likely N-dealkylation sites (tertiary alicyclic amines) is 1. The van der Waals surface area contributed by atoms with Gasteiger partial charge in [0, 0.05) is 77.6 Å². The SMILES string of the molecule is CCC1(C(=O)OC)CCCN(C(=O)OC(C)(C)C)C1.CCC1(C(=O)OC)CN(C(=O)OC(C)(C)C)CCN1c1nc(Cl)ncc1[N+](=O)[O-].CCC12CN(C(=O)OC(C)(C)C)CCN1c1nc(Cl)ncc1CC2=O.CCC12CN(C(=O)OC(C)(C)C)CCN1c1nc(Cl)ncc1N(C)C2=O.O=[N+]([O-])c1cnc(Cl)nc1Cl. The predicted octanol–water partition coefficient (Wildman–Crippen LogP) is 11.5. The van der Waals surface area contributed by atoms with Gasteiger partial charge in [-0.1, -0.05) is 39.3 Å². The molecule has 10 rings (SSSR count). The van der Waals surface area contributed by atoms with Crippen LogP contribution in [-0.4, -0.2) is 250 Å². The number of nitro groups is 2. The third kappa shape index (κ3) is 21.4. The smallest absolute Gasteiger partial charge is 0.410 e. The van der Waals surface area contributed by atoms with E-state index in [0.29, 0.717) is 75.9 Å². The lowest BCUT2D eigenvalue weighted by Crippen LogP contribution is -2.72. The lowest BCUT2D eigenvalue weighted by atomic mass is 9.78. The first-order chi connectivity index (χ1) is 51.0. The lowest BCUT2D eigenvalue weighted by molar-refractivity contribution is -0.385. The number of piperidine rings is 1. The maximum Gasteiger partial charge on any atom is 0.410 e. The minimum absolute atomic E-state index is 0.0710. The number of amides is 5. The van der Waals surface area contributed by atoms with Crippen molar-refractivity contribution >= 4 is 141 Å². The van der Waals surface area contributed by atoms with E-state index in [1.54, 1.807) is 66.7 Å². The molecule has 0 aliphatic carbocycles. The van der Waals surface area contributed by atoms with Gasteiger partial charge >= 0.3 is 47.7 Å². The number of ketones is 1. The van der Waals surface area contributed by atoms with Gasteiger partial charge in [0.2, 0.25) is 32.1 Å². The molecule has 4 aromatic rings. The third-order valence-electron chi connectivity index (χ3n) is 18.5. The number of hydrogen-bond donors (Lipinski definition) is 0. The molecule has 6 aliphatic heterocycles. The van der Waals surface area contributed by atoms with Crippen LogP contribution in [-0.2, 0) is 54.0 Å². The number of esters is 2. The molecular formula is C69H97Cl5N18O18. The summed E-state index contributed by atoms with van der Waals surface area (Å²) in [5, 5.41) is 21.4. The van der Waals surface area contributed by atoms with Gasteiger partial charge in [0.15, 0.2) is 17.1 Å². The highest BCUT2D eigenvalue weighted by Gasteiger charge is 2.56. The van der Waals surface area contributed by atoms with Crippen LogP contribution >= 0.6 is 58.0 Å². The number of hydrogen-bond acceptors (Lipinski definition) is 29. The highest BCUT2D eigenvalue weighted by Crippen LogP contribution is 2.44. The number of aromatic nitrogens is 8. The van der Waals surface area contributed by atoms with Crippen molar-refractivity contribution in [2.45, 2.75) is 195 Å². The molecule has 0 saturated carbocycles. The zero-order chi connectivity index (χ0) is 82.8. The molecule has 4 saturated heterocycles. The molecule has 4 fully saturated rings. The topological polar surface area (TPSA) is 407 Å². The Morgan fingerprint density at radius 1 is 0.482 bits per heavy atom. The number of anilines is 4. The van der Waals surface area contributed by atoms with E-state index in [2.05, 4.69) is 39.9 Å². The number of Topliss-reactive ketones (excluding diaryl/α,β-unsaturated/α-hetero) is 1. The summed E-state index contributed by atoms with van der Waals surface area (Å²) in [6.07, 6.45) is 7.13. The van der Waals surface area contributed by atoms with Crippen molar-refractivity contribution in [2.75, 3.05) is 113 Å². The molecule has 0 aromatic carbocycles. The molecule has 41 heteroatoms. The maximum absolute atomic E-state index is 13.2. The Morgan fingerprint density at radius 3 is 1.32 bits per heavy atom. The number of ether oxygens (including phenoxy) is 6. The average Bonchev–Trinajstić information content (AvgIpc) is 0.735. The molecule has 0 spiro atoms. The van der Waals surface area contributed by atoms with Crippen molar-refractivity contribution in [3.05, 3.63) is 76.9 Å². The van der Waals surface area contributed by atoms with E-state index in [0.717, 1.165) is 30.8 Å². The number of rotatable bonds is 9. The molecule has 6 aliphatic rings. The lowest BCUT2D eigenvalue weighted by Gasteiger charge is -2.53. The van der Waals surface area contributed by atoms with E-state index in [4.69, 9.17) is 86.4 Å². The minimum Gasteiger partial charge on any atom is -0.469 e. The van der Waals surface area contributed by atoms with Crippen molar-refractivity contribution in [3.63, 3.8) is 0 Å². The standard InChI is InChI=1S/C17H24ClN5O6.C17H24ClN5O3.C17H23ClN4O3.C14H25NO4.C4HCl2N3O2/c1-6-17(13(24)28-5)10-21(15(25)29-16(2,3)4)7-8-22(17)12-11(23(26)27)9-19-14(18)20-12;1-6-17-10-22(15(25)26-16(2,3)4)7-8-23(17)12-11(21(5)13(17)24)9-19-14(18)20-12;1-5-17-10-21(15(24)25-16(2,3)4)6-7-22(17)13-11(8-12(17)23)9-19-14(18)20-13;1-6-14(11(16)18-5)8-7-9-15(10-14)12(17)19-13(2,3)4;5-3-2(9(10)11)1-7-4(6)8-3/h9H,6-8,10H2,1-5H3;9H,6-8,10H2,1-5H3;9H,5-8,10H2,1-4H3;6-10H2,1-5H3;1H. The molecule has 4 atom stereocenters. The van der Waals surface area contributed by atoms with Gasteiger partial charge in [-0.25, -0.2) is 48.9 Å². The Labute approximate surface area is 663 Å². The summed E-state index contributed by atoms with van der Waals surface area (Å²) in [5.74, 6) is 0.308. The highest BCUT2D eigenvalue weighted by atomic mass is 35.5. The Balaban J connectivity index is 0.000000220. The van der Waals surface area contributed by atoms with E-state index >= 15 is 0 Å². The Bertz CT molecular complexity index is 4090. The van der Waals surface area contributed by atoms with Crippen LogP contribution in [0.2, 0.25) is 26.3 Å². The van der Waals surface area contributed by atoms with E-state index in [1.807, 2.05) is 92.9 Å². The third-order valence-corrected chi connectivity index (χ3v) is 19.5. The number of halogens is 5. The van der Waals surface area contributed by atoms with E-state index in [-0.39, 0.29) is 113 Å². The number of carbonyl (C=O) groups excluding carboxylic acids is 8. The van der Waals surface area contributed by atoms with Gasteiger partial charge in [0.05, 0.1) is 55.3 Å². The Kier molecular flexibility index (Phi) is 29.5. The summed E-state index contributed by atoms with van der Waals surface area (Å²) in [6, 6.07) is 0. The predicted molar refractivity (Wildman–Crippen MR) is 407 cm³/mol. The van der Waals surface area contributed by atoms with Crippen LogP contribution in [0.3, 0.4) is 0 Å². The summed E-state index contributed by atoms with van der Waals surface area (Å²) in [5.41, 5.74) is -5.42. The van der Waals surface area contributed by atoms with Crippen LogP contribution in [0.5, 0.6) is 0 Å². The molecule has 10 heterocycles. The van der Waals surface area contributed by atoms with Gasteiger partial charge in [0.25, 0.3) is 5.91 Å². The quantitative estimate of drug-likeness (QED) is 0.0375. The fourth-order valence-corrected chi connectivity index (χ4v) is 13.9. The van der Waals surface area contributed by atoms with Crippen molar-refractivity contribution < 1.29 is 76.6 Å². The summed E-state index contributed by atoms with van der Waals surface area (Å²) in [7, 11) is 4.30. The van der Waals surface area contributed by atoms with Crippen molar-refractivity contribution in [1.82, 2.24) is 59.5 Å². The normalized spacial score (nSPS) is 20.9. The van der Waals surface area contributed by atoms with Gasteiger partial charge in [-0.05, 0) is 168 Å². The molecule has 0 N–H and O–H groups in total. The fourth-order valence-electron chi connectivity index (χ4n) is 13.1. The van der Waals surface area contributed by atoms with Crippen LogP contribution in [0, 0.1) is 25.6 Å². The summed E-state index contributed by atoms with van der Waals surface area (Å²) >= 11 is 28.5. The monoisotopic (exact) mass is 1640 g/mol. The van der Waals surface area contributed by atoms with E-state index in [9.17, 15) is 58.6 Å². The molecule has 36 nitrogen and oxygen atoms in total. The number of methoxy groups -OCH3 is 2. The summed E-state index contributed by atoms with van der Waals surface area (Å²) in [6.45, 7) is 32.8. The molecular weight excluding hydrogens is 1550 g/mol. The van der Waals surface area contributed by atoms with Gasteiger partial charge in [-0.2, -0.15) is 15.0 Å². The van der Waals surface area contributed by atoms with Gasteiger partial charge in [-0.3, -0.25) is 34.6 Å². The van der Waals surface area contributed by atoms with Crippen molar-refractivity contribution in [1.29, 1.82) is 0 Å². The van der Waals surface area contributed by atoms with Crippen LogP contribution < -0.4 is 19.6 Å². The summed E-state index contributed by atoms with van der Waals surface area (Å²) < 4.78 is 31.6. The molecule has 4 unspecified atom stereocenters. The number of likely N-dealkylation sites (N-methyl/N-ethyl adjacent to an activating group) is 1. The van der Waals surface area contributed by atoms with Gasteiger partial charge in [0.1, 0.15) is 57.4 Å². The van der Waals surface area contributed by atoms with Crippen LogP contribution in [0.15, 0.2) is 24.8 Å². The zero-order valence-corrected chi connectivity index (χ0v) is 69.1. The molecule has 4 aromatic heterocycles. The second kappa shape index (κ2) is 36.1. The minimum atomic E-state index is -1.41. The number of nitrogens with zero attached hydrogens (tertiary/aromatic N) is 18. The Hall–Kier alpha value is -8.87. The largest absolute Gasteiger partial charge is 0.469 e. The highest BCUT2D eigenvalue weighted by molar-refractivity contribution is 6.33. The average molecular weight is 1640 g/mol. The first kappa shape index (κ1) is 90.0. The van der Waals surface area contributed by atoms with E-state index < -0.39 is 78.1 Å².